The van der Waals surface area contributed by atoms with Crippen molar-refractivity contribution in [3.63, 3.8) is 0 Å². The zero-order valence-electron chi connectivity index (χ0n) is 22.8. The maximum Gasteiger partial charge on any atom is 0.327 e. The molecule has 0 saturated heterocycles. The largest absolute Gasteiger partial charge is 0.480 e. The van der Waals surface area contributed by atoms with Crippen LogP contribution in [0, 0.1) is 0 Å². The molecule has 2 N–H and O–H groups in total. The van der Waals surface area contributed by atoms with Gasteiger partial charge in [-0.2, -0.15) is 0 Å². The monoisotopic (exact) mass is 631 g/mol. The van der Waals surface area contributed by atoms with Crippen LogP contribution < -0.4 is 9.62 Å². The number of anilines is 2. The van der Waals surface area contributed by atoms with Gasteiger partial charge in [-0.05, 0) is 69.3 Å². The van der Waals surface area contributed by atoms with Crippen LogP contribution in [0.5, 0.6) is 0 Å². The Morgan fingerprint density at radius 1 is 0.976 bits per heavy atom. The molecule has 0 aliphatic heterocycles. The van der Waals surface area contributed by atoms with Crippen molar-refractivity contribution in [3.8, 4) is 0 Å². The first kappa shape index (κ1) is 30.9. The molecule has 4 rings (SSSR count). The lowest BCUT2D eigenvalue weighted by molar-refractivity contribution is -0.152. The molecule has 1 aromatic heterocycles. The number of nitrogens with zero attached hydrogens (tertiary/aromatic N) is 2. The lowest BCUT2D eigenvalue weighted by Crippen LogP contribution is -2.39. The summed E-state index contributed by atoms with van der Waals surface area (Å²) in [6.45, 7) is 3.71. The molecular weight excluding hydrogens is 605 g/mol. The molecule has 0 saturated carbocycles. The highest BCUT2D eigenvalue weighted by atomic mass is 35.5. The number of carbonyl (C=O) groups excluding carboxylic acids is 2. The number of esters is 1. The second-order valence-corrected chi connectivity index (χ2v) is 13.0. The van der Waals surface area contributed by atoms with Gasteiger partial charge in [-0.1, -0.05) is 41.4 Å². The number of hydrogen-bond acceptors (Lipinski definition) is 6. The van der Waals surface area contributed by atoms with Gasteiger partial charge in [-0.25, -0.2) is 8.42 Å². The quantitative estimate of drug-likeness (QED) is 0.222. The van der Waals surface area contributed by atoms with Crippen LogP contribution in [0.3, 0.4) is 0 Å². The number of amides is 1. The highest BCUT2D eigenvalue weighted by molar-refractivity contribution is 7.92. The summed E-state index contributed by atoms with van der Waals surface area (Å²) in [6.07, 6.45) is 1.38. The van der Waals surface area contributed by atoms with E-state index in [-0.39, 0.29) is 31.7 Å². The van der Waals surface area contributed by atoms with Crippen molar-refractivity contribution >= 4 is 73.3 Å². The molecule has 0 spiro atoms. The van der Waals surface area contributed by atoms with Crippen molar-refractivity contribution in [1.82, 2.24) is 4.57 Å². The van der Waals surface area contributed by atoms with E-state index < -0.39 is 46.6 Å². The van der Waals surface area contributed by atoms with Gasteiger partial charge in [0.1, 0.15) is 18.7 Å². The highest BCUT2D eigenvalue weighted by Gasteiger charge is 2.31. The average molecular weight is 633 g/mol. The van der Waals surface area contributed by atoms with Crippen LogP contribution in [0.25, 0.3) is 10.9 Å². The van der Waals surface area contributed by atoms with E-state index in [2.05, 4.69) is 5.32 Å². The van der Waals surface area contributed by atoms with Crippen LogP contribution in [-0.2, 0) is 30.9 Å². The number of carbonyl (C=O) groups is 3. The van der Waals surface area contributed by atoms with E-state index in [0.29, 0.717) is 11.1 Å². The van der Waals surface area contributed by atoms with Crippen molar-refractivity contribution < 1.29 is 32.6 Å². The van der Waals surface area contributed by atoms with E-state index in [1.807, 2.05) is 0 Å². The Kier molecular flexibility index (Phi) is 8.86. The van der Waals surface area contributed by atoms with E-state index in [1.54, 1.807) is 51.1 Å². The van der Waals surface area contributed by atoms with Crippen LogP contribution in [-0.4, -0.2) is 48.1 Å². The molecule has 1 heterocycles. The second-order valence-electron chi connectivity index (χ2n) is 10.3. The lowest BCUT2D eigenvalue weighted by Gasteiger charge is -2.26. The second kappa shape index (κ2) is 12.0. The number of hydrogen-bond donors (Lipinski definition) is 2. The van der Waals surface area contributed by atoms with Crippen LogP contribution in [0.1, 0.15) is 31.1 Å². The number of nitrogens with one attached hydrogen (secondary N) is 1. The number of halogens is 2. The van der Waals surface area contributed by atoms with Crippen molar-refractivity contribution in [2.75, 3.05) is 16.2 Å². The van der Waals surface area contributed by atoms with E-state index in [9.17, 15) is 27.9 Å². The number of aromatic nitrogens is 1. The zero-order valence-corrected chi connectivity index (χ0v) is 25.1. The number of ether oxygens (including phenoxy) is 1. The van der Waals surface area contributed by atoms with Crippen LogP contribution in [0.15, 0.2) is 77.8 Å². The fraction of sp³-hybridized carbons (Fsp3) is 0.207. The van der Waals surface area contributed by atoms with Gasteiger partial charge < -0.3 is 19.7 Å². The molecule has 0 aliphatic rings. The van der Waals surface area contributed by atoms with Gasteiger partial charge >= 0.3 is 11.9 Å². The molecule has 3 aromatic carbocycles. The van der Waals surface area contributed by atoms with Gasteiger partial charge in [0, 0.05) is 27.3 Å². The third-order valence-corrected chi connectivity index (χ3v) is 8.04. The highest BCUT2D eigenvalue weighted by Crippen LogP contribution is 2.32. The standard InChI is InChI=1S/C29H27Cl2N3O7S/c1-29(2,3)41-27(37)17-34(42(39,40)22-12-18(30)11-19(31)13-22)21-9-10-23-24(15-33(16-26(35)36)25(23)14-21)28(38)32-20-7-5-4-6-8-20/h4-15H,16-17H2,1-3H3,(H,32,38)(H,35,36). The fourth-order valence-electron chi connectivity index (χ4n) is 4.22. The number of aliphatic carboxylic acids is 1. The Morgan fingerprint density at radius 2 is 1.62 bits per heavy atom. The van der Waals surface area contributed by atoms with Gasteiger partial charge in [0.15, 0.2) is 0 Å². The number of fused-ring (bicyclic) bond motifs is 1. The smallest absolute Gasteiger partial charge is 0.327 e. The summed E-state index contributed by atoms with van der Waals surface area (Å²) in [6, 6.07) is 16.8. The topological polar surface area (TPSA) is 135 Å². The van der Waals surface area contributed by atoms with E-state index in [1.165, 1.54) is 47.2 Å². The number of carboxylic acid groups (broad SMARTS) is 1. The number of rotatable bonds is 9. The third-order valence-electron chi connectivity index (χ3n) is 5.85. The molecule has 42 heavy (non-hydrogen) atoms. The average Bonchev–Trinajstić information content (AvgIpc) is 3.23. The molecule has 4 aromatic rings. The number of carboxylic acids is 1. The molecule has 0 atom stereocenters. The zero-order chi connectivity index (χ0) is 30.8. The fourth-order valence-corrected chi connectivity index (χ4v) is 6.35. The maximum atomic E-state index is 13.9. The SMILES string of the molecule is CC(C)(C)OC(=O)CN(c1ccc2c(C(=O)Nc3ccccc3)cn(CC(=O)O)c2c1)S(=O)(=O)c1cc(Cl)cc(Cl)c1. The molecule has 220 valence electrons. The first-order valence-corrected chi connectivity index (χ1v) is 14.8. The summed E-state index contributed by atoms with van der Waals surface area (Å²) < 4.78 is 35.3. The Morgan fingerprint density at radius 3 is 2.21 bits per heavy atom. The Balaban J connectivity index is 1.85. The minimum absolute atomic E-state index is 0.0178. The third kappa shape index (κ3) is 7.22. The number of para-hydroxylation sites is 1. The van der Waals surface area contributed by atoms with Gasteiger partial charge in [0.2, 0.25) is 0 Å². The van der Waals surface area contributed by atoms with Gasteiger partial charge in [-0.3, -0.25) is 18.7 Å². The minimum Gasteiger partial charge on any atom is -0.480 e. The number of benzene rings is 3. The van der Waals surface area contributed by atoms with Crippen LogP contribution >= 0.6 is 23.2 Å². The first-order valence-electron chi connectivity index (χ1n) is 12.6. The predicted molar refractivity (Wildman–Crippen MR) is 161 cm³/mol. The maximum absolute atomic E-state index is 13.9. The van der Waals surface area contributed by atoms with Crippen molar-refractivity contribution in [2.45, 2.75) is 37.8 Å². The van der Waals surface area contributed by atoms with Crippen molar-refractivity contribution in [1.29, 1.82) is 0 Å². The van der Waals surface area contributed by atoms with Crippen LogP contribution in [0.2, 0.25) is 10.0 Å². The van der Waals surface area contributed by atoms with E-state index in [0.717, 1.165) is 4.31 Å². The molecule has 0 bridgehead atoms. The van der Waals surface area contributed by atoms with Gasteiger partial charge in [-0.15, -0.1) is 0 Å². The summed E-state index contributed by atoms with van der Waals surface area (Å²) in [5.41, 5.74) is 0.0799. The predicted octanol–water partition coefficient (Wildman–Crippen LogP) is 5.82. The Labute approximate surface area is 252 Å². The molecular formula is C29H27Cl2N3O7S. The molecule has 0 radical (unpaired) electrons. The molecule has 0 unspecified atom stereocenters. The van der Waals surface area contributed by atoms with Crippen molar-refractivity contribution in [3.05, 3.63) is 88.5 Å². The normalized spacial score (nSPS) is 11.7. The molecule has 10 nitrogen and oxygen atoms in total. The summed E-state index contributed by atoms with van der Waals surface area (Å²) in [7, 11) is -4.45. The summed E-state index contributed by atoms with van der Waals surface area (Å²) >= 11 is 12.2. The molecule has 0 aliphatic carbocycles. The van der Waals surface area contributed by atoms with Gasteiger partial charge in [0.05, 0.1) is 21.7 Å². The van der Waals surface area contributed by atoms with Crippen molar-refractivity contribution in [2.24, 2.45) is 0 Å². The lowest BCUT2D eigenvalue weighted by atomic mass is 10.1. The molecule has 0 fully saturated rings. The van der Waals surface area contributed by atoms with Gasteiger partial charge in [0.25, 0.3) is 15.9 Å². The van der Waals surface area contributed by atoms with E-state index in [4.69, 9.17) is 27.9 Å². The minimum atomic E-state index is -4.45. The summed E-state index contributed by atoms with van der Waals surface area (Å²) in [5, 5.41) is 12.8. The molecule has 13 heteroatoms. The summed E-state index contributed by atoms with van der Waals surface area (Å²) in [5.74, 6) is -2.50. The van der Waals surface area contributed by atoms with Crippen LogP contribution in [0.4, 0.5) is 11.4 Å². The Hall–Kier alpha value is -4.06. The Bertz CT molecular complexity index is 1760. The first-order chi connectivity index (χ1) is 19.6. The molecule has 1 amide bonds. The van der Waals surface area contributed by atoms with E-state index >= 15 is 0 Å². The summed E-state index contributed by atoms with van der Waals surface area (Å²) in [4.78, 5) is 37.5. The number of sulfonamides is 1.